The van der Waals surface area contributed by atoms with Crippen LogP contribution in [-0.2, 0) is 0 Å². The average Bonchev–Trinajstić information content (AvgIpc) is 2.65. The summed E-state index contributed by atoms with van der Waals surface area (Å²) >= 11 is 3.95. The second-order valence-corrected chi connectivity index (χ2v) is 5.86. The van der Waals surface area contributed by atoms with E-state index in [1.807, 2.05) is 23.5 Å². The van der Waals surface area contributed by atoms with Crippen LogP contribution in [0.25, 0.3) is 0 Å². The van der Waals surface area contributed by atoms with Crippen molar-refractivity contribution in [2.45, 2.75) is 23.8 Å². The number of thioether (sulfide) groups is 2. The van der Waals surface area contributed by atoms with Crippen LogP contribution in [0.15, 0.2) is 6.20 Å². The van der Waals surface area contributed by atoms with Crippen LogP contribution in [0.3, 0.4) is 0 Å². The van der Waals surface area contributed by atoms with Crippen LogP contribution < -0.4 is 0 Å². The molecule has 1 aliphatic heterocycles. The van der Waals surface area contributed by atoms with E-state index < -0.39 is 0 Å². The number of imidazole rings is 1. The minimum absolute atomic E-state index is 0.172. The summed E-state index contributed by atoms with van der Waals surface area (Å²) in [5, 5.41) is 10.2. The third-order valence-corrected chi connectivity index (χ3v) is 5.56. The smallest absolute Gasteiger partial charge is 0.208 e. The summed E-state index contributed by atoms with van der Waals surface area (Å²) in [6.45, 7) is 2.21. The molecule has 0 radical (unpaired) electrons. The number of rotatable bonds is 2. The molecule has 2 rings (SSSR count). The predicted octanol–water partition coefficient (Wildman–Crippen LogP) is 2.42. The summed E-state index contributed by atoms with van der Waals surface area (Å²) in [6, 6.07) is 0. The van der Waals surface area contributed by atoms with Gasteiger partial charge in [-0.05, 0) is 6.42 Å². The zero-order valence-electron chi connectivity index (χ0n) is 8.06. The number of aromatic hydroxyl groups is 1. The molecule has 1 aromatic heterocycles. The second-order valence-electron chi connectivity index (χ2n) is 3.26. The van der Waals surface area contributed by atoms with E-state index >= 15 is 0 Å². The zero-order valence-corrected chi connectivity index (χ0v) is 9.70. The molecule has 0 spiro atoms. The van der Waals surface area contributed by atoms with Gasteiger partial charge in [0.1, 0.15) is 5.82 Å². The van der Waals surface area contributed by atoms with E-state index in [4.69, 9.17) is 0 Å². The molecule has 2 atom stereocenters. The van der Waals surface area contributed by atoms with Gasteiger partial charge in [-0.15, -0.1) is 11.8 Å². The quantitative estimate of drug-likeness (QED) is 0.819. The Kier molecular flexibility index (Phi) is 3.28. The number of nitrogens with zero attached hydrogens (tertiary/aromatic N) is 1. The molecule has 1 aliphatic rings. The van der Waals surface area contributed by atoms with E-state index in [9.17, 15) is 5.11 Å². The van der Waals surface area contributed by atoms with Gasteiger partial charge in [0.05, 0.1) is 11.4 Å². The van der Waals surface area contributed by atoms with Crippen LogP contribution in [0, 0.1) is 0 Å². The summed E-state index contributed by atoms with van der Waals surface area (Å²) in [5.41, 5.74) is 0. The van der Waals surface area contributed by atoms with Crippen LogP contribution in [0.4, 0.5) is 0 Å². The Morgan fingerprint density at radius 2 is 2.36 bits per heavy atom. The lowest BCUT2D eigenvalue weighted by molar-refractivity contribution is 0.455. The number of hydrogen-bond donors (Lipinski definition) is 2. The molecule has 1 saturated heterocycles. The molecule has 1 fully saturated rings. The summed E-state index contributed by atoms with van der Waals surface area (Å²) < 4.78 is 0. The molecule has 5 heteroatoms. The van der Waals surface area contributed by atoms with Crippen molar-refractivity contribution < 1.29 is 5.11 Å². The van der Waals surface area contributed by atoms with Crippen molar-refractivity contribution in [2.75, 3.05) is 11.5 Å². The van der Waals surface area contributed by atoms with Crippen LogP contribution in [0.1, 0.15) is 24.4 Å². The van der Waals surface area contributed by atoms with Crippen molar-refractivity contribution >= 4 is 23.5 Å². The van der Waals surface area contributed by atoms with Crippen molar-refractivity contribution in [1.82, 2.24) is 9.97 Å². The van der Waals surface area contributed by atoms with Gasteiger partial charge in [0, 0.05) is 16.8 Å². The normalized spacial score (nSPS) is 27.8. The van der Waals surface area contributed by atoms with Gasteiger partial charge in [-0.3, -0.25) is 0 Å². The standard InChI is InChI=1S/C9H14N2OS2/c1-2-6-8(14-4-3-13-6)9-10-5-7(12)11-9/h5-6,8,12H,2-4H2,1H3,(H,10,11). The van der Waals surface area contributed by atoms with Crippen molar-refractivity contribution in [1.29, 1.82) is 0 Å². The Labute approximate surface area is 92.1 Å². The van der Waals surface area contributed by atoms with Crippen molar-refractivity contribution in [3.8, 4) is 5.88 Å². The lowest BCUT2D eigenvalue weighted by Crippen LogP contribution is -2.19. The first-order valence-electron chi connectivity index (χ1n) is 4.78. The molecule has 2 unspecified atom stereocenters. The molecule has 0 aliphatic carbocycles. The van der Waals surface area contributed by atoms with Gasteiger partial charge in [-0.25, -0.2) is 4.98 Å². The SMILES string of the molecule is CCC1SCCSC1c1ncc(O)[nH]1. The summed E-state index contributed by atoms with van der Waals surface area (Å²) in [6.07, 6.45) is 2.64. The lowest BCUT2D eigenvalue weighted by atomic mass is 10.2. The number of hydrogen-bond acceptors (Lipinski definition) is 4. The molecule has 0 saturated carbocycles. The number of aromatic nitrogens is 2. The Balaban J connectivity index is 2.14. The molecule has 14 heavy (non-hydrogen) atoms. The van der Waals surface area contributed by atoms with Gasteiger partial charge in [0.25, 0.3) is 0 Å². The van der Waals surface area contributed by atoms with Crippen molar-refractivity contribution in [2.24, 2.45) is 0 Å². The third kappa shape index (κ3) is 2.03. The first-order valence-corrected chi connectivity index (χ1v) is 6.88. The van der Waals surface area contributed by atoms with Gasteiger partial charge in [0.2, 0.25) is 5.88 Å². The highest BCUT2D eigenvalue weighted by molar-refractivity contribution is 8.06. The molecule has 78 valence electrons. The maximum Gasteiger partial charge on any atom is 0.208 e. The van der Waals surface area contributed by atoms with Crippen molar-refractivity contribution in [3.63, 3.8) is 0 Å². The molecular weight excluding hydrogens is 216 g/mol. The first kappa shape index (κ1) is 10.2. The number of nitrogens with one attached hydrogen (secondary N) is 1. The molecule has 0 bridgehead atoms. The molecule has 0 amide bonds. The Morgan fingerprint density at radius 1 is 1.57 bits per heavy atom. The first-order chi connectivity index (χ1) is 6.81. The van der Waals surface area contributed by atoms with Gasteiger partial charge < -0.3 is 10.1 Å². The van der Waals surface area contributed by atoms with Gasteiger partial charge in [-0.1, -0.05) is 6.92 Å². The van der Waals surface area contributed by atoms with E-state index in [0.29, 0.717) is 10.5 Å². The zero-order chi connectivity index (χ0) is 9.97. The Hall–Kier alpha value is -0.290. The fourth-order valence-corrected chi connectivity index (χ4v) is 4.65. The van der Waals surface area contributed by atoms with Crippen LogP contribution in [-0.4, -0.2) is 31.8 Å². The highest BCUT2D eigenvalue weighted by atomic mass is 32.2. The van der Waals surface area contributed by atoms with Crippen LogP contribution in [0.5, 0.6) is 5.88 Å². The Morgan fingerprint density at radius 3 is 3.00 bits per heavy atom. The topological polar surface area (TPSA) is 48.9 Å². The predicted molar refractivity (Wildman–Crippen MR) is 62.0 cm³/mol. The monoisotopic (exact) mass is 230 g/mol. The minimum atomic E-state index is 0.172. The van der Waals surface area contributed by atoms with E-state index in [0.717, 1.165) is 12.2 Å². The maximum atomic E-state index is 9.21. The fraction of sp³-hybridized carbons (Fsp3) is 0.667. The third-order valence-electron chi connectivity index (χ3n) is 2.30. The minimum Gasteiger partial charge on any atom is -0.493 e. The van der Waals surface area contributed by atoms with Crippen molar-refractivity contribution in [3.05, 3.63) is 12.0 Å². The number of H-pyrrole nitrogens is 1. The van der Waals surface area contributed by atoms with E-state index in [1.165, 1.54) is 17.7 Å². The van der Waals surface area contributed by atoms with Crippen LogP contribution in [0.2, 0.25) is 0 Å². The second kappa shape index (κ2) is 4.49. The van der Waals surface area contributed by atoms with Gasteiger partial charge in [0.15, 0.2) is 0 Å². The van der Waals surface area contributed by atoms with Gasteiger partial charge >= 0.3 is 0 Å². The molecule has 0 aromatic carbocycles. The lowest BCUT2D eigenvalue weighted by Gasteiger charge is -2.28. The molecule has 3 nitrogen and oxygen atoms in total. The summed E-state index contributed by atoms with van der Waals surface area (Å²) in [5.74, 6) is 3.50. The molecule has 2 N–H and O–H groups in total. The van der Waals surface area contributed by atoms with Crippen LogP contribution >= 0.6 is 23.5 Å². The van der Waals surface area contributed by atoms with E-state index in [2.05, 4.69) is 16.9 Å². The van der Waals surface area contributed by atoms with Gasteiger partial charge in [-0.2, -0.15) is 11.8 Å². The Bertz CT molecular complexity index is 303. The molecule has 1 aromatic rings. The number of aromatic amines is 1. The largest absolute Gasteiger partial charge is 0.493 e. The fourth-order valence-electron chi connectivity index (χ4n) is 1.63. The average molecular weight is 230 g/mol. The molecular formula is C9H14N2OS2. The maximum absolute atomic E-state index is 9.21. The highest BCUT2D eigenvalue weighted by Gasteiger charge is 2.28. The summed E-state index contributed by atoms with van der Waals surface area (Å²) in [7, 11) is 0. The molecule has 2 heterocycles. The van der Waals surface area contributed by atoms with E-state index in [-0.39, 0.29) is 5.88 Å². The highest BCUT2D eigenvalue weighted by Crippen LogP contribution is 2.43. The van der Waals surface area contributed by atoms with E-state index in [1.54, 1.807) is 0 Å². The summed E-state index contributed by atoms with van der Waals surface area (Å²) in [4.78, 5) is 7.12.